The predicted molar refractivity (Wildman–Crippen MR) is 75.8 cm³/mol. The molecule has 1 saturated heterocycles. The summed E-state index contributed by atoms with van der Waals surface area (Å²) in [7, 11) is 0. The van der Waals surface area contributed by atoms with Crippen molar-refractivity contribution in [1.82, 2.24) is 4.90 Å². The number of carbonyl (C=O) groups is 1. The van der Waals surface area contributed by atoms with Crippen LogP contribution in [0, 0.1) is 11.6 Å². The van der Waals surface area contributed by atoms with Crippen molar-refractivity contribution in [1.29, 1.82) is 0 Å². The molecule has 0 spiro atoms. The van der Waals surface area contributed by atoms with E-state index in [1.807, 2.05) is 0 Å². The molecule has 0 aliphatic carbocycles. The first-order chi connectivity index (χ1) is 10.1. The van der Waals surface area contributed by atoms with E-state index in [4.69, 9.17) is 4.74 Å². The molecule has 21 heavy (non-hydrogen) atoms. The molecule has 1 aliphatic heterocycles. The van der Waals surface area contributed by atoms with E-state index in [1.165, 1.54) is 12.5 Å². The minimum absolute atomic E-state index is 0.166. The summed E-state index contributed by atoms with van der Waals surface area (Å²) < 4.78 is 31.6. The van der Waals surface area contributed by atoms with Gasteiger partial charge >= 0.3 is 5.97 Å². The van der Waals surface area contributed by atoms with Gasteiger partial charge in [-0.05, 0) is 50.6 Å². The Morgan fingerprint density at radius 3 is 2.57 bits per heavy atom. The summed E-state index contributed by atoms with van der Waals surface area (Å²) in [5.41, 5.74) is 0.629. The van der Waals surface area contributed by atoms with Crippen molar-refractivity contribution in [2.45, 2.75) is 38.6 Å². The molecular weight excluding hydrogens is 276 g/mol. The normalized spacial score (nSPS) is 17.5. The Balaban J connectivity index is 2.20. The molecule has 0 radical (unpaired) electrons. The average Bonchev–Trinajstić information content (AvgIpc) is 2.49. The van der Waals surface area contributed by atoms with Gasteiger partial charge in [-0.3, -0.25) is 9.69 Å². The molecule has 1 aromatic carbocycles. The zero-order chi connectivity index (χ0) is 15.2. The maximum absolute atomic E-state index is 13.5. The van der Waals surface area contributed by atoms with Gasteiger partial charge in [0.05, 0.1) is 13.0 Å². The van der Waals surface area contributed by atoms with E-state index in [9.17, 15) is 13.6 Å². The Morgan fingerprint density at radius 2 is 1.95 bits per heavy atom. The number of piperidine rings is 1. The number of hydrogen-bond acceptors (Lipinski definition) is 3. The average molecular weight is 297 g/mol. The Hall–Kier alpha value is -1.49. The standard InChI is InChI=1S/C16H21F2NO2/c1-2-21-16(20)11-15(19-8-4-3-5-9-19)12-6-7-13(17)14(18)10-12/h6-7,10,15H,2-5,8-9,11H2,1H3. The molecule has 0 N–H and O–H groups in total. The first-order valence-electron chi connectivity index (χ1n) is 7.46. The Bertz CT molecular complexity index is 487. The molecule has 0 amide bonds. The zero-order valence-corrected chi connectivity index (χ0v) is 12.3. The first kappa shape index (κ1) is 15.9. The Labute approximate surface area is 123 Å². The molecule has 1 aliphatic rings. The van der Waals surface area contributed by atoms with Gasteiger partial charge in [-0.15, -0.1) is 0 Å². The Kier molecular flexibility index (Phi) is 5.67. The third kappa shape index (κ3) is 4.24. The number of nitrogens with zero attached hydrogens (tertiary/aromatic N) is 1. The second kappa shape index (κ2) is 7.50. The van der Waals surface area contributed by atoms with E-state index >= 15 is 0 Å². The topological polar surface area (TPSA) is 29.5 Å². The summed E-state index contributed by atoms with van der Waals surface area (Å²) in [6.45, 7) is 3.81. The van der Waals surface area contributed by atoms with Gasteiger partial charge in [0.2, 0.25) is 0 Å². The van der Waals surface area contributed by atoms with E-state index in [0.717, 1.165) is 32.0 Å². The minimum Gasteiger partial charge on any atom is -0.466 e. The molecule has 0 bridgehead atoms. The van der Waals surface area contributed by atoms with Crippen molar-refractivity contribution in [3.05, 3.63) is 35.4 Å². The van der Waals surface area contributed by atoms with Crippen LogP contribution in [-0.2, 0) is 9.53 Å². The summed E-state index contributed by atoms with van der Waals surface area (Å²) in [6, 6.07) is 3.61. The lowest BCUT2D eigenvalue weighted by Crippen LogP contribution is -2.35. The van der Waals surface area contributed by atoms with Crippen molar-refractivity contribution >= 4 is 5.97 Å². The van der Waals surface area contributed by atoms with Crippen molar-refractivity contribution in [3.8, 4) is 0 Å². The van der Waals surface area contributed by atoms with Crippen molar-refractivity contribution in [3.63, 3.8) is 0 Å². The number of hydrogen-bond donors (Lipinski definition) is 0. The number of esters is 1. The lowest BCUT2D eigenvalue weighted by Gasteiger charge is -2.34. The van der Waals surface area contributed by atoms with E-state index in [1.54, 1.807) is 13.0 Å². The molecule has 1 heterocycles. The number of halogens is 2. The molecule has 2 rings (SSSR count). The fraction of sp³-hybridized carbons (Fsp3) is 0.562. The second-order valence-electron chi connectivity index (χ2n) is 5.30. The molecule has 1 atom stereocenters. The van der Waals surface area contributed by atoms with Crippen LogP contribution >= 0.6 is 0 Å². The molecular formula is C16H21F2NO2. The van der Waals surface area contributed by atoms with Crippen LogP contribution in [0.3, 0.4) is 0 Å². The molecule has 0 saturated carbocycles. The van der Waals surface area contributed by atoms with Crippen molar-refractivity contribution < 1.29 is 18.3 Å². The number of likely N-dealkylation sites (tertiary alicyclic amines) is 1. The van der Waals surface area contributed by atoms with E-state index in [2.05, 4.69) is 4.90 Å². The Morgan fingerprint density at radius 1 is 1.24 bits per heavy atom. The fourth-order valence-electron chi connectivity index (χ4n) is 2.79. The fourth-order valence-corrected chi connectivity index (χ4v) is 2.79. The van der Waals surface area contributed by atoms with Gasteiger partial charge in [-0.2, -0.15) is 0 Å². The molecule has 3 nitrogen and oxygen atoms in total. The molecule has 116 valence electrons. The number of ether oxygens (including phenoxy) is 1. The number of benzene rings is 1. The van der Waals surface area contributed by atoms with Gasteiger partial charge in [0.1, 0.15) is 0 Å². The molecule has 1 aromatic rings. The number of rotatable bonds is 5. The second-order valence-corrected chi connectivity index (χ2v) is 5.30. The highest BCUT2D eigenvalue weighted by molar-refractivity contribution is 5.70. The zero-order valence-electron chi connectivity index (χ0n) is 12.3. The molecule has 5 heteroatoms. The van der Waals surface area contributed by atoms with Crippen molar-refractivity contribution in [2.75, 3.05) is 19.7 Å². The van der Waals surface area contributed by atoms with Crippen LogP contribution in [0.4, 0.5) is 8.78 Å². The summed E-state index contributed by atoms with van der Waals surface area (Å²) in [6.07, 6.45) is 3.45. The van der Waals surface area contributed by atoms with Gasteiger partial charge in [0.25, 0.3) is 0 Å². The summed E-state index contributed by atoms with van der Waals surface area (Å²) >= 11 is 0. The highest BCUT2D eigenvalue weighted by Gasteiger charge is 2.26. The van der Waals surface area contributed by atoms with Gasteiger partial charge in [-0.1, -0.05) is 12.5 Å². The highest BCUT2D eigenvalue weighted by atomic mass is 19.2. The van der Waals surface area contributed by atoms with Crippen LogP contribution in [-0.4, -0.2) is 30.6 Å². The smallest absolute Gasteiger partial charge is 0.307 e. The monoisotopic (exact) mass is 297 g/mol. The molecule has 1 fully saturated rings. The largest absolute Gasteiger partial charge is 0.466 e. The molecule has 1 unspecified atom stereocenters. The lowest BCUT2D eigenvalue weighted by atomic mass is 9.98. The van der Waals surface area contributed by atoms with Gasteiger partial charge < -0.3 is 4.74 Å². The predicted octanol–water partition coefficient (Wildman–Crippen LogP) is 3.45. The summed E-state index contributed by atoms with van der Waals surface area (Å²) in [5, 5.41) is 0. The van der Waals surface area contributed by atoms with E-state index in [0.29, 0.717) is 12.2 Å². The third-order valence-electron chi connectivity index (χ3n) is 3.83. The highest BCUT2D eigenvalue weighted by Crippen LogP contribution is 2.29. The van der Waals surface area contributed by atoms with E-state index in [-0.39, 0.29) is 18.4 Å². The van der Waals surface area contributed by atoms with Crippen LogP contribution in [0.1, 0.15) is 44.2 Å². The van der Waals surface area contributed by atoms with Gasteiger partial charge in [0, 0.05) is 6.04 Å². The first-order valence-corrected chi connectivity index (χ1v) is 7.46. The van der Waals surface area contributed by atoms with Crippen LogP contribution in [0.2, 0.25) is 0 Å². The van der Waals surface area contributed by atoms with Crippen molar-refractivity contribution in [2.24, 2.45) is 0 Å². The van der Waals surface area contributed by atoms with Gasteiger partial charge in [-0.25, -0.2) is 8.78 Å². The SMILES string of the molecule is CCOC(=O)CC(c1ccc(F)c(F)c1)N1CCCCC1. The maximum atomic E-state index is 13.5. The minimum atomic E-state index is -0.877. The van der Waals surface area contributed by atoms with Crippen LogP contribution in [0.25, 0.3) is 0 Å². The lowest BCUT2D eigenvalue weighted by molar-refractivity contribution is -0.144. The summed E-state index contributed by atoms with van der Waals surface area (Å²) in [4.78, 5) is 14.0. The van der Waals surface area contributed by atoms with E-state index < -0.39 is 11.6 Å². The summed E-state index contributed by atoms with van der Waals surface area (Å²) in [5.74, 6) is -2.05. The third-order valence-corrected chi connectivity index (χ3v) is 3.83. The maximum Gasteiger partial charge on any atom is 0.307 e. The quantitative estimate of drug-likeness (QED) is 0.780. The van der Waals surface area contributed by atoms with Crippen LogP contribution in [0.5, 0.6) is 0 Å². The number of carbonyl (C=O) groups excluding carboxylic acids is 1. The van der Waals surface area contributed by atoms with Gasteiger partial charge in [0.15, 0.2) is 11.6 Å². The molecule has 0 aromatic heterocycles. The van der Waals surface area contributed by atoms with Crippen LogP contribution in [0.15, 0.2) is 18.2 Å². The van der Waals surface area contributed by atoms with Crippen LogP contribution < -0.4 is 0 Å².